The molecule has 0 aliphatic rings. The Labute approximate surface area is 172 Å². The molecule has 8 nitrogen and oxygen atoms in total. The van der Waals surface area contributed by atoms with Crippen LogP contribution in [-0.4, -0.2) is 37.6 Å². The zero-order valence-corrected chi connectivity index (χ0v) is 16.9. The summed E-state index contributed by atoms with van der Waals surface area (Å²) in [5.74, 6) is -1.07. The lowest BCUT2D eigenvalue weighted by Gasteiger charge is -2.16. The van der Waals surface area contributed by atoms with E-state index in [2.05, 4.69) is 5.32 Å². The van der Waals surface area contributed by atoms with Gasteiger partial charge in [0, 0.05) is 11.1 Å². The molecule has 9 heteroatoms. The minimum absolute atomic E-state index is 0.219. The lowest BCUT2D eigenvalue weighted by Crippen LogP contribution is -2.30. The molecule has 0 saturated heterocycles. The van der Waals surface area contributed by atoms with E-state index < -0.39 is 23.9 Å². The lowest BCUT2D eigenvalue weighted by molar-refractivity contribution is -0.123. The van der Waals surface area contributed by atoms with E-state index in [9.17, 15) is 14.4 Å². The summed E-state index contributed by atoms with van der Waals surface area (Å²) in [5, 5.41) is 3.16. The Morgan fingerprint density at radius 2 is 1.83 bits per heavy atom. The fourth-order valence-corrected chi connectivity index (χ4v) is 2.44. The number of nitrogens with two attached hydrogens (primary N) is 1. The van der Waals surface area contributed by atoms with Crippen LogP contribution in [0.5, 0.6) is 11.5 Å². The van der Waals surface area contributed by atoms with Crippen LogP contribution in [0.15, 0.2) is 36.4 Å². The third-order valence-electron chi connectivity index (χ3n) is 3.86. The van der Waals surface area contributed by atoms with E-state index in [1.807, 2.05) is 0 Å². The molecule has 0 spiro atoms. The number of halogens is 1. The number of rotatable bonds is 8. The van der Waals surface area contributed by atoms with Gasteiger partial charge in [0.05, 0.1) is 18.4 Å². The Hall–Kier alpha value is -3.26. The summed E-state index contributed by atoms with van der Waals surface area (Å²) in [6.45, 7) is 2.97. The van der Waals surface area contributed by atoms with Crippen molar-refractivity contribution in [3.05, 3.63) is 52.5 Å². The van der Waals surface area contributed by atoms with Gasteiger partial charge in [-0.2, -0.15) is 0 Å². The molecule has 1 atom stereocenters. The Kier molecular flexibility index (Phi) is 7.44. The Bertz CT molecular complexity index is 914. The van der Waals surface area contributed by atoms with Crippen molar-refractivity contribution in [1.29, 1.82) is 0 Å². The van der Waals surface area contributed by atoms with Gasteiger partial charge in [-0.3, -0.25) is 9.59 Å². The van der Waals surface area contributed by atoms with Crippen LogP contribution in [0, 0.1) is 6.92 Å². The molecule has 0 aliphatic carbocycles. The molecule has 2 rings (SSSR count). The molecular formula is C20H21ClN2O6. The molecule has 0 heterocycles. The number of methoxy groups -OCH3 is 1. The van der Waals surface area contributed by atoms with E-state index in [-0.39, 0.29) is 12.2 Å². The van der Waals surface area contributed by atoms with Crippen LogP contribution in [-0.2, 0) is 14.3 Å². The quantitative estimate of drug-likeness (QED) is 0.634. The number of benzene rings is 2. The van der Waals surface area contributed by atoms with Crippen molar-refractivity contribution < 1.29 is 28.6 Å². The second-order valence-corrected chi connectivity index (χ2v) is 6.53. The molecule has 2 aromatic carbocycles. The first-order valence-corrected chi connectivity index (χ1v) is 8.96. The normalized spacial score (nSPS) is 11.3. The van der Waals surface area contributed by atoms with Crippen molar-refractivity contribution in [2.75, 3.05) is 19.0 Å². The Morgan fingerprint density at radius 1 is 1.17 bits per heavy atom. The fraction of sp³-hybridized carbons (Fsp3) is 0.250. The molecule has 2 amide bonds. The van der Waals surface area contributed by atoms with Gasteiger partial charge in [0.25, 0.3) is 11.8 Å². The van der Waals surface area contributed by atoms with Gasteiger partial charge in [0.1, 0.15) is 11.5 Å². The summed E-state index contributed by atoms with van der Waals surface area (Å²) in [7, 11) is 1.46. The minimum atomic E-state index is -1.06. The summed E-state index contributed by atoms with van der Waals surface area (Å²) >= 11 is 6.05. The zero-order chi connectivity index (χ0) is 21.6. The number of anilines is 1. The van der Waals surface area contributed by atoms with Gasteiger partial charge in [-0.25, -0.2) is 4.79 Å². The number of primary amides is 1. The van der Waals surface area contributed by atoms with E-state index in [4.69, 9.17) is 31.5 Å². The molecule has 0 aliphatic heterocycles. The maximum absolute atomic E-state index is 12.4. The topological polar surface area (TPSA) is 117 Å². The predicted octanol–water partition coefficient (Wildman–Crippen LogP) is 2.71. The largest absolute Gasteiger partial charge is 0.495 e. The van der Waals surface area contributed by atoms with Crippen LogP contribution in [0.1, 0.15) is 22.8 Å². The monoisotopic (exact) mass is 420 g/mol. The number of hydrogen-bond acceptors (Lipinski definition) is 6. The minimum Gasteiger partial charge on any atom is -0.495 e. The lowest BCUT2D eigenvalue weighted by atomic mass is 10.2. The first-order valence-electron chi connectivity index (χ1n) is 8.58. The van der Waals surface area contributed by atoms with Crippen molar-refractivity contribution >= 4 is 35.1 Å². The van der Waals surface area contributed by atoms with Gasteiger partial charge in [-0.05, 0) is 49.7 Å². The first-order chi connectivity index (χ1) is 13.7. The maximum atomic E-state index is 12.4. The molecule has 0 unspecified atom stereocenters. The van der Waals surface area contributed by atoms with E-state index in [0.717, 1.165) is 5.56 Å². The average Bonchev–Trinajstić information content (AvgIpc) is 2.69. The molecule has 154 valence electrons. The highest BCUT2D eigenvalue weighted by Gasteiger charge is 2.21. The van der Waals surface area contributed by atoms with Crippen LogP contribution >= 0.6 is 11.6 Å². The smallest absolute Gasteiger partial charge is 0.338 e. The third-order valence-corrected chi connectivity index (χ3v) is 4.27. The van der Waals surface area contributed by atoms with E-state index >= 15 is 0 Å². The number of carbonyl (C=O) groups is 3. The molecule has 0 aromatic heterocycles. The molecule has 0 radical (unpaired) electrons. The van der Waals surface area contributed by atoms with Crippen molar-refractivity contribution in [2.24, 2.45) is 5.73 Å². The molecule has 0 saturated carbocycles. The molecule has 29 heavy (non-hydrogen) atoms. The number of ether oxygens (including phenoxy) is 3. The second kappa shape index (κ2) is 9.79. The van der Waals surface area contributed by atoms with Crippen LogP contribution < -0.4 is 20.5 Å². The van der Waals surface area contributed by atoms with Crippen molar-refractivity contribution in [2.45, 2.75) is 20.0 Å². The molecule has 3 N–H and O–H groups in total. The number of nitrogens with one attached hydrogen (secondary N) is 1. The Balaban J connectivity index is 1.99. The SMILES string of the molecule is COc1cc(Cl)c(C)cc1NC(=O)[C@H](C)OC(=O)c1ccc(OCC(N)=O)cc1. The van der Waals surface area contributed by atoms with Gasteiger partial charge in [-0.15, -0.1) is 0 Å². The maximum Gasteiger partial charge on any atom is 0.338 e. The van der Waals surface area contributed by atoms with Gasteiger partial charge in [0.2, 0.25) is 0 Å². The standard InChI is InChI=1S/C20H21ClN2O6/c1-11-8-16(17(27-3)9-15(11)21)23-19(25)12(2)29-20(26)13-4-6-14(7-5-13)28-10-18(22)24/h4-9,12H,10H2,1-3H3,(H2,22,24)(H,23,25)/t12-/m0/s1. The molecule has 0 bridgehead atoms. The summed E-state index contributed by atoms with van der Waals surface area (Å²) in [4.78, 5) is 35.4. The average molecular weight is 421 g/mol. The number of hydrogen-bond donors (Lipinski definition) is 2. The third kappa shape index (κ3) is 6.11. The highest BCUT2D eigenvalue weighted by atomic mass is 35.5. The highest BCUT2D eigenvalue weighted by molar-refractivity contribution is 6.31. The number of aryl methyl sites for hydroxylation is 1. The van der Waals surface area contributed by atoms with Gasteiger partial charge in [0.15, 0.2) is 12.7 Å². The Morgan fingerprint density at radius 3 is 2.41 bits per heavy atom. The van der Waals surface area contributed by atoms with Crippen LogP contribution in [0.25, 0.3) is 0 Å². The fourth-order valence-electron chi connectivity index (χ4n) is 2.29. The zero-order valence-electron chi connectivity index (χ0n) is 16.2. The summed E-state index contributed by atoms with van der Waals surface area (Å²) in [6.07, 6.45) is -1.06. The van der Waals surface area contributed by atoms with Crippen molar-refractivity contribution in [1.82, 2.24) is 0 Å². The summed E-state index contributed by atoms with van der Waals surface area (Å²) < 4.78 is 15.5. The van der Waals surface area contributed by atoms with Gasteiger partial charge < -0.3 is 25.3 Å². The number of carbonyl (C=O) groups excluding carboxylic acids is 3. The van der Waals surface area contributed by atoms with Crippen LogP contribution in [0.2, 0.25) is 5.02 Å². The second-order valence-electron chi connectivity index (χ2n) is 6.12. The number of esters is 1. The summed E-state index contributed by atoms with van der Waals surface area (Å²) in [6, 6.07) is 9.14. The van der Waals surface area contributed by atoms with Crippen LogP contribution in [0.3, 0.4) is 0 Å². The van der Waals surface area contributed by atoms with Gasteiger partial charge in [-0.1, -0.05) is 11.6 Å². The van der Waals surface area contributed by atoms with E-state index in [1.54, 1.807) is 19.1 Å². The van der Waals surface area contributed by atoms with Crippen molar-refractivity contribution in [3.63, 3.8) is 0 Å². The van der Waals surface area contributed by atoms with Crippen molar-refractivity contribution in [3.8, 4) is 11.5 Å². The van der Waals surface area contributed by atoms with E-state index in [1.165, 1.54) is 38.3 Å². The predicted molar refractivity (Wildman–Crippen MR) is 107 cm³/mol. The molecule has 0 fully saturated rings. The van der Waals surface area contributed by atoms with Crippen LogP contribution in [0.4, 0.5) is 5.69 Å². The van der Waals surface area contributed by atoms with Gasteiger partial charge >= 0.3 is 5.97 Å². The summed E-state index contributed by atoms with van der Waals surface area (Å²) in [5.41, 5.74) is 6.39. The molecule has 2 aromatic rings. The first kappa shape index (κ1) is 22.0. The van der Waals surface area contributed by atoms with E-state index in [0.29, 0.717) is 22.2 Å². The number of amides is 2. The molecular weight excluding hydrogens is 400 g/mol. The highest BCUT2D eigenvalue weighted by Crippen LogP contribution is 2.31.